The Labute approximate surface area is 163 Å². The van der Waals surface area contributed by atoms with Crippen molar-refractivity contribution in [1.29, 1.82) is 0 Å². The average molecular weight is 394 g/mol. The van der Waals surface area contributed by atoms with Crippen LogP contribution in [0.1, 0.15) is 20.7 Å². The molecule has 9 heteroatoms. The van der Waals surface area contributed by atoms with Crippen LogP contribution in [-0.4, -0.2) is 45.6 Å². The van der Waals surface area contributed by atoms with E-state index >= 15 is 0 Å². The van der Waals surface area contributed by atoms with E-state index in [0.29, 0.717) is 5.56 Å². The first-order valence-corrected chi connectivity index (χ1v) is 9.52. The van der Waals surface area contributed by atoms with Gasteiger partial charge in [-0.1, -0.05) is 17.2 Å². The summed E-state index contributed by atoms with van der Waals surface area (Å²) >= 11 is 1.61. The van der Waals surface area contributed by atoms with Crippen LogP contribution in [0, 0.1) is 0 Å². The molecule has 3 aromatic rings. The first-order chi connectivity index (χ1) is 13.6. The SMILES string of the molecule is CSc1ccc(-c2nnc(NC(=O)CN3C(=O)c4ccccc4C3=O)o2)cc1. The van der Waals surface area contributed by atoms with Gasteiger partial charge in [-0.2, -0.15) is 0 Å². The van der Waals surface area contributed by atoms with Crippen molar-refractivity contribution < 1.29 is 18.8 Å². The van der Waals surface area contributed by atoms with E-state index in [9.17, 15) is 14.4 Å². The monoisotopic (exact) mass is 394 g/mol. The lowest BCUT2D eigenvalue weighted by molar-refractivity contribution is -0.116. The van der Waals surface area contributed by atoms with Crippen LogP contribution in [0.4, 0.5) is 6.01 Å². The van der Waals surface area contributed by atoms with Crippen LogP contribution in [-0.2, 0) is 4.79 Å². The number of rotatable bonds is 5. The standard InChI is InChI=1S/C19H14N4O4S/c1-28-12-8-6-11(7-9-12)16-21-22-19(27-16)20-15(24)10-23-17(25)13-4-2-3-5-14(13)18(23)26/h2-9H,10H2,1H3,(H,20,22,24). The molecule has 0 fully saturated rings. The molecule has 1 aliphatic heterocycles. The summed E-state index contributed by atoms with van der Waals surface area (Å²) in [6.07, 6.45) is 1.98. The number of nitrogens with one attached hydrogen (secondary N) is 1. The van der Waals surface area contributed by atoms with Gasteiger partial charge >= 0.3 is 6.01 Å². The summed E-state index contributed by atoms with van der Waals surface area (Å²) < 4.78 is 5.44. The summed E-state index contributed by atoms with van der Waals surface area (Å²) in [7, 11) is 0. The Bertz CT molecular complexity index is 1040. The van der Waals surface area contributed by atoms with Crippen LogP contribution >= 0.6 is 11.8 Å². The van der Waals surface area contributed by atoms with Crippen LogP contribution in [0.3, 0.4) is 0 Å². The zero-order chi connectivity index (χ0) is 19.7. The van der Waals surface area contributed by atoms with E-state index in [4.69, 9.17) is 4.42 Å². The van der Waals surface area contributed by atoms with Gasteiger partial charge in [0.05, 0.1) is 11.1 Å². The molecule has 0 saturated carbocycles. The third kappa shape index (κ3) is 3.27. The highest BCUT2D eigenvalue weighted by molar-refractivity contribution is 7.98. The molecule has 0 spiro atoms. The molecule has 4 rings (SSSR count). The maximum absolute atomic E-state index is 12.3. The van der Waals surface area contributed by atoms with E-state index in [1.807, 2.05) is 30.5 Å². The molecule has 2 aromatic carbocycles. The highest BCUT2D eigenvalue weighted by Crippen LogP contribution is 2.24. The molecule has 0 unspecified atom stereocenters. The van der Waals surface area contributed by atoms with Gasteiger partial charge in [-0.15, -0.1) is 16.9 Å². The second-order valence-corrected chi connectivity index (χ2v) is 6.81. The maximum atomic E-state index is 12.3. The fraction of sp³-hybridized carbons (Fsp3) is 0.105. The van der Waals surface area contributed by atoms with Gasteiger partial charge in [-0.25, -0.2) is 0 Å². The summed E-state index contributed by atoms with van der Waals surface area (Å²) in [4.78, 5) is 38.9. The third-order valence-corrected chi connectivity index (χ3v) is 4.93. The van der Waals surface area contributed by atoms with E-state index in [0.717, 1.165) is 9.80 Å². The molecule has 140 valence electrons. The number of anilines is 1. The van der Waals surface area contributed by atoms with Gasteiger partial charge in [0.2, 0.25) is 11.8 Å². The number of carbonyl (C=O) groups excluding carboxylic acids is 3. The van der Waals surface area contributed by atoms with Crippen molar-refractivity contribution in [1.82, 2.24) is 15.1 Å². The van der Waals surface area contributed by atoms with Gasteiger partial charge in [0, 0.05) is 10.5 Å². The number of nitrogens with zero attached hydrogens (tertiary/aromatic N) is 3. The third-order valence-electron chi connectivity index (χ3n) is 4.19. The average Bonchev–Trinajstić information content (AvgIpc) is 3.27. The molecule has 0 atom stereocenters. The number of amides is 3. The highest BCUT2D eigenvalue weighted by Gasteiger charge is 2.36. The molecule has 28 heavy (non-hydrogen) atoms. The Balaban J connectivity index is 1.43. The molecule has 0 radical (unpaired) electrons. The van der Waals surface area contributed by atoms with Gasteiger partial charge in [-0.3, -0.25) is 24.6 Å². The van der Waals surface area contributed by atoms with E-state index in [1.54, 1.807) is 36.0 Å². The Kier molecular flexibility index (Phi) is 4.66. The van der Waals surface area contributed by atoms with E-state index < -0.39 is 24.3 Å². The van der Waals surface area contributed by atoms with Gasteiger partial charge in [0.25, 0.3) is 11.8 Å². The summed E-state index contributed by atoms with van der Waals surface area (Å²) in [5, 5.41) is 10.1. The van der Waals surface area contributed by atoms with Crippen molar-refractivity contribution in [2.45, 2.75) is 4.90 Å². The molecule has 0 bridgehead atoms. The molecular formula is C19H14N4O4S. The molecular weight excluding hydrogens is 380 g/mol. The summed E-state index contributed by atoms with van der Waals surface area (Å²) in [6, 6.07) is 13.9. The quantitative estimate of drug-likeness (QED) is 0.524. The molecule has 3 amide bonds. The van der Waals surface area contributed by atoms with Gasteiger partial charge in [0.1, 0.15) is 6.54 Å². The fourth-order valence-electron chi connectivity index (χ4n) is 2.81. The minimum atomic E-state index is -0.609. The lowest BCUT2D eigenvalue weighted by Gasteiger charge is -2.12. The second kappa shape index (κ2) is 7.28. The molecule has 0 saturated heterocycles. The van der Waals surface area contributed by atoms with E-state index in [2.05, 4.69) is 15.5 Å². The molecule has 8 nitrogen and oxygen atoms in total. The number of hydrogen-bond donors (Lipinski definition) is 1. The van der Waals surface area contributed by atoms with E-state index in [-0.39, 0.29) is 23.0 Å². The Morgan fingerprint density at radius 1 is 1.04 bits per heavy atom. The molecule has 2 heterocycles. The van der Waals surface area contributed by atoms with Crippen LogP contribution < -0.4 is 5.32 Å². The maximum Gasteiger partial charge on any atom is 0.322 e. The zero-order valence-corrected chi connectivity index (χ0v) is 15.5. The van der Waals surface area contributed by atoms with Crippen LogP contribution in [0.15, 0.2) is 57.8 Å². The Morgan fingerprint density at radius 3 is 2.29 bits per heavy atom. The largest absolute Gasteiger partial charge is 0.403 e. The fourth-order valence-corrected chi connectivity index (χ4v) is 3.22. The topological polar surface area (TPSA) is 105 Å². The zero-order valence-electron chi connectivity index (χ0n) is 14.7. The first kappa shape index (κ1) is 17.9. The van der Waals surface area contributed by atoms with Crippen molar-refractivity contribution in [3.8, 4) is 11.5 Å². The van der Waals surface area contributed by atoms with Crippen molar-refractivity contribution in [2.75, 3.05) is 18.1 Å². The van der Waals surface area contributed by atoms with Crippen LogP contribution in [0.5, 0.6) is 0 Å². The molecule has 1 N–H and O–H groups in total. The smallest absolute Gasteiger partial charge is 0.322 e. The van der Waals surface area contributed by atoms with Crippen LogP contribution in [0.2, 0.25) is 0 Å². The van der Waals surface area contributed by atoms with Crippen molar-refractivity contribution >= 4 is 35.5 Å². The number of thioether (sulfide) groups is 1. The van der Waals surface area contributed by atoms with Crippen molar-refractivity contribution in [2.24, 2.45) is 0 Å². The number of hydrogen-bond acceptors (Lipinski definition) is 7. The lowest BCUT2D eigenvalue weighted by atomic mass is 10.1. The van der Waals surface area contributed by atoms with Crippen molar-refractivity contribution in [3.63, 3.8) is 0 Å². The number of imide groups is 1. The number of aromatic nitrogens is 2. The van der Waals surface area contributed by atoms with Gasteiger partial charge in [-0.05, 0) is 42.7 Å². The molecule has 0 aliphatic carbocycles. The van der Waals surface area contributed by atoms with Crippen molar-refractivity contribution in [3.05, 3.63) is 59.7 Å². The molecule has 1 aliphatic rings. The second-order valence-electron chi connectivity index (χ2n) is 5.93. The normalized spacial score (nSPS) is 13.0. The minimum absolute atomic E-state index is 0.106. The van der Waals surface area contributed by atoms with Crippen LogP contribution in [0.25, 0.3) is 11.5 Å². The Hall–Kier alpha value is -3.46. The van der Waals surface area contributed by atoms with Gasteiger partial charge < -0.3 is 4.42 Å². The molecule has 1 aromatic heterocycles. The summed E-state index contributed by atoms with van der Waals surface area (Å²) in [5.41, 5.74) is 1.29. The number of fused-ring (bicyclic) bond motifs is 1. The van der Waals surface area contributed by atoms with E-state index in [1.165, 1.54) is 0 Å². The minimum Gasteiger partial charge on any atom is -0.403 e. The predicted octanol–water partition coefficient (Wildman–Crippen LogP) is 2.69. The summed E-state index contributed by atoms with van der Waals surface area (Å²) in [6.45, 7) is -0.438. The Morgan fingerprint density at radius 2 is 1.68 bits per heavy atom. The number of carbonyl (C=O) groups is 3. The predicted molar refractivity (Wildman–Crippen MR) is 102 cm³/mol. The van der Waals surface area contributed by atoms with Gasteiger partial charge in [0.15, 0.2) is 0 Å². The number of benzene rings is 2. The lowest BCUT2D eigenvalue weighted by Crippen LogP contribution is -2.37. The summed E-state index contributed by atoms with van der Waals surface area (Å²) in [5.74, 6) is -1.36. The highest BCUT2D eigenvalue weighted by atomic mass is 32.2. The first-order valence-electron chi connectivity index (χ1n) is 8.30.